The number of hydrogen-bond acceptors (Lipinski definition) is 6. The van der Waals surface area contributed by atoms with Crippen molar-refractivity contribution in [1.82, 2.24) is 9.97 Å². The van der Waals surface area contributed by atoms with Crippen LogP contribution >= 0.6 is 11.6 Å². The molecule has 4 rings (SSSR count). The monoisotopic (exact) mass is 417 g/mol. The first-order valence-electron chi connectivity index (χ1n) is 9.52. The molecule has 0 bridgehead atoms. The first-order chi connectivity index (χ1) is 14.0. The normalized spacial score (nSPS) is 14.6. The van der Waals surface area contributed by atoms with Crippen molar-refractivity contribution in [3.8, 4) is 11.5 Å². The number of ether oxygens (including phenoxy) is 2. The van der Waals surface area contributed by atoms with E-state index in [-0.39, 0.29) is 5.02 Å². The van der Waals surface area contributed by atoms with Crippen LogP contribution < -0.4 is 14.8 Å². The summed E-state index contributed by atoms with van der Waals surface area (Å²) in [6.07, 6.45) is 3.25. The predicted molar refractivity (Wildman–Crippen MR) is 109 cm³/mol. The second-order valence-electron chi connectivity index (χ2n) is 7.03. The number of anilines is 2. The first-order valence-corrected chi connectivity index (χ1v) is 9.89. The number of aliphatic hydroxyl groups excluding tert-OH is 1. The van der Waals surface area contributed by atoms with E-state index in [2.05, 4.69) is 15.3 Å². The lowest BCUT2D eigenvalue weighted by Gasteiger charge is -2.17. The average molecular weight is 418 g/mol. The van der Waals surface area contributed by atoms with Gasteiger partial charge >= 0.3 is 0 Å². The fourth-order valence-corrected chi connectivity index (χ4v) is 2.98. The van der Waals surface area contributed by atoms with E-state index in [1.54, 1.807) is 18.2 Å². The quantitative estimate of drug-likeness (QED) is 0.499. The molecule has 29 heavy (non-hydrogen) atoms. The summed E-state index contributed by atoms with van der Waals surface area (Å²) in [5, 5.41) is 13.8. The number of nitrogens with one attached hydrogen (secondary N) is 1. The fourth-order valence-electron chi connectivity index (χ4n) is 2.80. The number of hydrogen-bond donors (Lipinski definition) is 2. The fraction of sp³-hybridized carbons (Fsp3) is 0.333. The number of aliphatic hydroxyl groups is 1. The molecule has 2 aromatic carbocycles. The third kappa shape index (κ3) is 4.68. The molecule has 152 valence electrons. The zero-order chi connectivity index (χ0) is 20.4. The third-order valence-electron chi connectivity index (χ3n) is 4.67. The molecule has 0 amide bonds. The van der Waals surface area contributed by atoms with Crippen molar-refractivity contribution in [3.63, 3.8) is 0 Å². The Morgan fingerprint density at radius 3 is 2.79 bits per heavy atom. The van der Waals surface area contributed by atoms with Gasteiger partial charge in [0.2, 0.25) is 0 Å². The lowest BCUT2D eigenvalue weighted by atomic mass is 10.2. The van der Waals surface area contributed by atoms with Gasteiger partial charge in [0.25, 0.3) is 0 Å². The summed E-state index contributed by atoms with van der Waals surface area (Å²) in [5.41, 5.74) is 1.24. The van der Waals surface area contributed by atoms with Crippen molar-refractivity contribution in [2.24, 2.45) is 5.92 Å². The molecule has 3 aromatic rings. The predicted octanol–water partition coefficient (Wildman–Crippen LogP) is 5.06. The lowest BCUT2D eigenvalue weighted by Crippen LogP contribution is -2.15. The van der Waals surface area contributed by atoms with Crippen LogP contribution in [0.1, 0.15) is 26.2 Å². The van der Waals surface area contributed by atoms with Crippen LogP contribution in [0, 0.1) is 11.7 Å². The molecule has 1 aliphatic rings. The molecule has 0 saturated heterocycles. The van der Waals surface area contributed by atoms with Crippen LogP contribution in [0.3, 0.4) is 0 Å². The molecule has 1 atom stereocenters. The first kappa shape index (κ1) is 19.7. The average Bonchev–Trinajstić information content (AvgIpc) is 3.54. The highest BCUT2D eigenvalue weighted by Gasteiger charge is 2.23. The van der Waals surface area contributed by atoms with E-state index in [9.17, 15) is 9.50 Å². The summed E-state index contributed by atoms with van der Waals surface area (Å²) in [4.78, 5) is 8.61. The molecule has 1 saturated carbocycles. The Morgan fingerprint density at radius 2 is 2.07 bits per heavy atom. The summed E-state index contributed by atoms with van der Waals surface area (Å²) < 4.78 is 25.0. The van der Waals surface area contributed by atoms with Crippen molar-refractivity contribution >= 4 is 34.0 Å². The Kier molecular flexibility index (Phi) is 5.69. The van der Waals surface area contributed by atoms with Crippen molar-refractivity contribution in [1.29, 1.82) is 0 Å². The lowest BCUT2D eigenvalue weighted by molar-refractivity contribution is -0.0209. The largest absolute Gasteiger partial charge is 0.489 e. The number of halogens is 2. The molecule has 8 heteroatoms. The number of rotatable bonds is 8. The highest BCUT2D eigenvalue weighted by molar-refractivity contribution is 6.31. The van der Waals surface area contributed by atoms with Gasteiger partial charge in [-0.3, -0.25) is 0 Å². The summed E-state index contributed by atoms with van der Waals surface area (Å²) in [7, 11) is 0. The molecule has 1 fully saturated rings. The summed E-state index contributed by atoms with van der Waals surface area (Å²) >= 11 is 5.87. The Labute approximate surface area is 172 Å². The Hall–Kier alpha value is -2.64. The Bertz CT molecular complexity index is 1030. The molecule has 1 aromatic heterocycles. The van der Waals surface area contributed by atoms with E-state index in [0.29, 0.717) is 52.9 Å². The van der Waals surface area contributed by atoms with E-state index in [1.165, 1.54) is 18.5 Å². The molecule has 1 aliphatic carbocycles. The van der Waals surface area contributed by atoms with Gasteiger partial charge < -0.3 is 19.9 Å². The van der Waals surface area contributed by atoms with E-state index in [4.69, 9.17) is 21.1 Å². The zero-order valence-electron chi connectivity index (χ0n) is 15.9. The molecule has 0 aliphatic heterocycles. The van der Waals surface area contributed by atoms with E-state index >= 15 is 0 Å². The smallest absolute Gasteiger partial charge is 0.197 e. The van der Waals surface area contributed by atoms with Crippen LogP contribution in [-0.4, -0.2) is 28.0 Å². The van der Waals surface area contributed by atoms with Crippen LogP contribution in [0.5, 0.6) is 11.5 Å². The van der Waals surface area contributed by atoms with Crippen molar-refractivity contribution < 1.29 is 19.0 Å². The van der Waals surface area contributed by atoms with Gasteiger partial charge in [0.05, 0.1) is 17.1 Å². The van der Waals surface area contributed by atoms with Crippen molar-refractivity contribution in [3.05, 3.63) is 47.5 Å². The Morgan fingerprint density at radius 1 is 1.24 bits per heavy atom. The molecule has 2 N–H and O–H groups in total. The maximum atomic E-state index is 13.4. The summed E-state index contributed by atoms with van der Waals surface area (Å²) in [6.45, 7) is 2.43. The molecule has 0 radical (unpaired) electrons. The van der Waals surface area contributed by atoms with Crippen molar-refractivity contribution in [2.75, 3.05) is 11.9 Å². The maximum Gasteiger partial charge on any atom is 0.197 e. The number of fused-ring (bicyclic) bond motifs is 1. The Balaban J connectivity index is 1.70. The van der Waals surface area contributed by atoms with E-state index in [1.807, 2.05) is 6.92 Å². The molecule has 6 nitrogen and oxygen atoms in total. The highest BCUT2D eigenvalue weighted by Crippen LogP contribution is 2.37. The molecule has 1 heterocycles. The van der Waals surface area contributed by atoms with Gasteiger partial charge in [-0.25, -0.2) is 14.4 Å². The number of nitrogens with zero attached hydrogens (tertiary/aromatic N) is 2. The summed E-state index contributed by atoms with van der Waals surface area (Å²) in [6, 6.07) is 7.85. The van der Waals surface area contributed by atoms with E-state index < -0.39 is 12.1 Å². The van der Waals surface area contributed by atoms with Gasteiger partial charge in [-0.1, -0.05) is 18.5 Å². The van der Waals surface area contributed by atoms with Gasteiger partial charge in [0, 0.05) is 23.6 Å². The maximum absolute atomic E-state index is 13.4. The number of aromatic nitrogens is 2. The minimum absolute atomic E-state index is 0.0132. The minimum Gasteiger partial charge on any atom is -0.489 e. The van der Waals surface area contributed by atoms with E-state index in [0.717, 1.165) is 12.8 Å². The van der Waals surface area contributed by atoms with Crippen LogP contribution in [0.2, 0.25) is 5.02 Å². The molecular formula is C21H21ClFN3O3. The van der Waals surface area contributed by atoms with Gasteiger partial charge in [0.15, 0.2) is 17.8 Å². The van der Waals surface area contributed by atoms with Gasteiger partial charge in [0.1, 0.15) is 18.0 Å². The second-order valence-corrected chi connectivity index (χ2v) is 7.43. The van der Waals surface area contributed by atoms with Crippen LogP contribution in [0.4, 0.5) is 15.9 Å². The molecule has 0 spiro atoms. The SMILES string of the molecule is CCC(O)Oc1cc2c(Nc3ccc(F)c(Cl)c3)ncnc2cc1OCC1CC1. The highest BCUT2D eigenvalue weighted by atomic mass is 35.5. The molecular weight excluding hydrogens is 397 g/mol. The van der Waals surface area contributed by atoms with Gasteiger partial charge in [-0.15, -0.1) is 0 Å². The van der Waals surface area contributed by atoms with Gasteiger partial charge in [-0.05, 0) is 43.0 Å². The summed E-state index contributed by atoms with van der Waals surface area (Å²) in [5.74, 6) is 1.53. The zero-order valence-corrected chi connectivity index (χ0v) is 16.6. The van der Waals surface area contributed by atoms with Gasteiger partial charge in [-0.2, -0.15) is 0 Å². The number of benzene rings is 2. The minimum atomic E-state index is -0.951. The van der Waals surface area contributed by atoms with Crippen LogP contribution in [-0.2, 0) is 0 Å². The third-order valence-corrected chi connectivity index (χ3v) is 4.96. The van der Waals surface area contributed by atoms with Crippen molar-refractivity contribution in [2.45, 2.75) is 32.5 Å². The topological polar surface area (TPSA) is 76.5 Å². The van der Waals surface area contributed by atoms with Crippen LogP contribution in [0.15, 0.2) is 36.7 Å². The molecule has 1 unspecified atom stereocenters. The standard InChI is InChI=1S/C21H21ClFN3O3/c1-2-20(27)29-19-8-14-17(9-18(19)28-10-12-3-4-12)24-11-25-21(14)26-13-5-6-16(23)15(22)7-13/h5-9,11-12,20,27H,2-4,10H2,1H3,(H,24,25,26). The second kappa shape index (κ2) is 8.39. The van der Waals surface area contributed by atoms with Crippen LogP contribution in [0.25, 0.3) is 10.9 Å².